The van der Waals surface area contributed by atoms with Gasteiger partial charge in [0, 0.05) is 6.54 Å². The molecular weight excluding hydrogens is 138 g/mol. The molecule has 1 N–H and O–H groups in total. The van der Waals surface area contributed by atoms with Crippen molar-refractivity contribution < 1.29 is 4.84 Å². The first-order valence-electron chi connectivity index (χ1n) is 4.23. The van der Waals surface area contributed by atoms with Crippen LogP contribution < -0.4 is 5.48 Å². The van der Waals surface area contributed by atoms with Crippen molar-refractivity contribution in [3.8, 4) is 0 Å². The Morgan fingerprint density at radius 2 is 2.27 bits per heavy atom. The quantitative estimate of drug-likeness (QED) is 0.347. The van der Waals surface area contributed by atoms with Gasteiger partial charge in [-0.05, 0) is 18.8 Å². The predicted molar refractivity (Wildman–Crippen MR) is 48.2 cm³/mol. The molecule has 2 heteroatoms. The largest absolute Gasteiger partial charge is 0.302 e. The predicted octanol–water partition coefficient (Wildman–Crippen LogP) is 2.13. The Balaban J connectivity index is 2.85. The van der Waals surface area contributed by atoms with Gasteiger partial charge in [-0.25, -0.2) is 5.48 Å². The lowest BCUT2D eigenvalue weighted by molar-refractivity contribution is 0.0236. The van der Waals surface area contributed by atoms with E-state index in [9.17, 15) is 0 Å². The van der Waals surface area contributed by atoms with E-state index in [4.69, 9.17) is 4.84 Å². The first-order chi connectivity index (χ1) is 5.27. The molecule has 0 heterocycles. The van der Waals surface area contributed by atoms with E-state index in [-0.39, 0.29) is 0 Å². The monoisotopic (exact) mass is 157 g/mol. The molecule has 11 heavy (non-hydrogen) atoms. The molecule has 0 aromatic rings. The van der Waals surface area contributed by atoms with E-state index in [1.165, 1.54) is 0 Å². The van der Waals surface area contributed by atoms with Gasteiger partial charge in [0.25, 0.3) is 0 Å². The molecule has 0 atom stereocenters. The maximum atomic E-state index is 5.16. The molecule has 0 aromatic carbocycles. The van der Waals surface area contributed by atoms with Crippen molar-refractivity contribution in [3.05, 3.63) is 12.7 Å². The van der Waals surface area contributed by atoms with E-state index in [0.717, 1.165) is 26.0 Å². The summed E-state index contributed by atoms with van der Waals surface area (Å²) in [5.41, 5.74) is 2.90. The lowest BCUT2D eigenvalue weighted by Crippen LogP contribution is -2.18. The van der Waals surface area contributed by atoms with Gasteiger partial charge < -0.3 is 4.84 Å². The normalized spacial score (nSPS) is 10.5. The Kier molecular flexibility index (Phi) is 7.52. The highest BCUT2D eigenvalue weighted by Crippen LogP contribution is 1.90. The highest BCUT2D eigenvalue weighted by atomic mass is 16.6. The van der Waals surface area contributed by atoms with Crippen molar-refractivity contribution in [2.45, 2.75) is 26.7 Å². The Bertz CT molecular complexity index is 91.6. The van der Waals surface area contributed by atoms with Gasteiger partial charge in [-0.3, -0.25) is 0 Å². The molecule has 0 saturated carbocycles. The third kappa shape index (κ3) is 9.66. The number of hydrogen-bond donors (Lipinski definition) is 1. The molecule has 0 aliphatic heterocycles. The van der Waals surface area contributed by atoms with E-state index in [0.29, 0.717) is 5.92 Å². The lowest BCUT2D eigenvalue weighted by atomic mass is 10.2. The summed E-state index contributed by atoms with van der Waals surface area (Å²) in [6, 6.07) is 0. The molecule has 0 unspecified atom stereocenters. The third-order valence-corrected chi connectivity index (χ3v) is 1.21. The molecule has 0 radical (unpaired) electrons. The number of rotatable bonds is 7. The average molecular weight is 157 g/mol. The van der Waals surface area contributed by atoms with Crippen LogP contribution in [0.5, 0.6) is 0 Å². The van der Waals surface area contributed by atoms with Crippen molar-refractivity contribution in [2.75, 3.05) is 13.2 Å². The molecule has 0 aromatic heterocycles. The first-order valence-corrected chi connectivity index (χ1v) is 4.23. The maximum absolute atomic E-state index is 5.16. The fourth-order valence-electron chi connectivity index (χ4n) is 0.616. The molecular formula is C9H19NO. The van der Waals surface area contributed by atoms with Crippen molar-refractivity contribution in [3.63, 3.8) is 0 Å². The Hall–Kier alpha value is -0.340. The fraction of sp³-hybridized carbons (Fsp3) is 0.778. The number of nitrogens with one attached hydrogen (secondary N) is 1. The summed E-state index contributed by atoms with van der Waals surface area (Å²) >= 11 is 0. The molecule has 0 rings (SSSR count). The number of allylic oxidation sites excluding steroid dienone is 1. The van der Waals surface area contributed by atoms with Gasteiger partial charge in [-0.15, -0.1) is 6.58 Å². The zero-order valence-electron chi connectivity index (χ0n) is 7.60. The number of unbranched alkanes of at least 4 members (excludes halogenated alkanes) is 1. The summed E-state index contributed by atoms with van der Waals surface area (Å²) in [6.07, 6.45) is 4.07. The molecule has 0 saturated heterocycles. The van der Waals surface area contributed by atoms with Crippen LogP contribution in [0.1, 0.15) is 26.7 Å². The van der Waals surface area contributed by atoms with Crippen LogP contribution in [0.3, 0.4) is 0 Å². The summed E-state index contributed by atoms with van der Waals surface area (Å²) in [6.45, 7) is 9.60. The first kappa shape index (κ1) is 10.7. The molecule has 0 spiro atoms. The van der Waals surface area contributed by atoms with Gasteiger partial charge in [0.1, 0.15) is 0 Å². The van der Waals surface area contributed by atoms with Crippen molar-refractivity contribution >= 4 is 0 Å². The highest BCUT2D eigenvalue weighted by molar-refractivity contribution is 4.65. The minimum absolute atomic E-state index is 0.599. The zero-order valence-corrected chi connectivity index (χ0v) is 7.60. The molecule has 0 fully saturated rings. The van der Waals surface area contributed by atoms with Gasteiger partial charge in [-0.1, -0.05) is 19.9 Å². The van der Waals surface area contributed by atoms with E-state index in [2.05, 4.69) is 25.9 Å². The number of hydroxylamine groups is 1. The maximum Gasteiger partial charge on any atom is 0.0705 e. The second-order valence-corrected chi connectivity index (χ2v) is 3.03. The van der Waals surface area contributed by atoms with Crippen LogP contribution in [0.2, 0.25) is 0 Å². The molecule has 66 valence electrons. The van der Waals surface area contributed by atoms with Crippen LogP contribution in [-0.2, 0) is 4.84 Å². The van der Waals surface area contributed by atoms with Gasteiger partial charge in [-0.2, -0.15) is 0 Å². The van der Waals surface area contributed by atoms with Crippen LogP contribution in [0, 0.1) is 5.92 Å². The van der Waals surface area contributed by atoms with Crippen LogP contribution >= 0.6 is 0 Å². The average Bonchev–Trinajstić information content (AvgIpc) is 1.96. The van der Waals surface area contributed by atoms with Crippen LogP contribution in [0.25, 0.3) is 0 Å². The summed E-state index contributed by atoms with van der Waals surface area (Å²) in [5.74, 6) is 0.599. The van der Waals surface area contributed by atoms with Crippen molar-refractivity contribution in [2.24, 2.45) is 5.92 Å². The smallest absolute Gasteiger partial charge is 0.0705 e. The molecule has 0 bridgehead atoms. The molecule has 0 amide bonds. The molecule has 0 aliphatic carbocycles. The topological polar surface area (TPSA) is 21.3 Å². The van der Waals surface area contributed by atoms with Gasteiger partial charge in [0.15, 0.2) is 0 Å². The van der Waals surface area contributed by atoms with Crippen molar-refractivity contribution in [1.29, 1.82) is 0 Å². The SMILES string of the molecule is C=CCCCNOCC(C)C. The lowest BCUT2D eigenvalue weighted by Gasteiger charge is -2.06. The van der Waals surface area contributed by atoms with Crippen molar-refractivity contribution in [1.82, 2.24) is 5.48 Å². The van der Waals surface area contributed by atoms with Crippen LogP contribution in [0.4, 0.5) is 0 Å². The summed E-state index contributed by atoms with van der Waals surface area (Å²) in [7, 11) is 0. The van der Waals surface area contributed by atoms with Gasteiger partial charge >= 0.3 is 0 Å². The zero-order chi connectivity index (χ0) is 8.53. The Morgan fingerprint density at radius 1 is 1.55 bits per heavy atom. The Labute approximate surface area is 69.6 Å². The van der Waals surface area contributed by atoms with Gasteiger partial charge in [0.05, 0.1) is 6.61 Å². The second kappa shape index (κ2) is 7.76. The summed E-state index contributed by atoms with van der Waals surface area (Å²) in [5, 5.41) is 0. The minimum atomic E-state index is 0.599. The molecule has 2 nitrogen and oxygen atoms in total. The van der Waals surface area contributed by atoms with E-state index in [1.54, 1.807) is 0 Å². The molecule has 0 aliphatic rings. The van der Waals surface area contributed by atoms with Crippen LogP contribution in [-0.4, -0.2) is 13.2 Å². The third-order valence-electron chi connectivity index (χ3n) is 1.21. The van der Waals surface area contributed by atoms with E-state index in [1.807, 2.05) is 6.08 Å². The fourth-order valence-corrected chi connectivity index (χ4v) is 0.616. The standard InChI is InChI=1S/C9H19NO/c1-4-5-6-7-10-11-8-9(2)3/h4,9-10H,1,5-8H2,2-3H3. The summed E-state index contributed by atoms with van der Waals surface area (Å²) < 4.78 is 0. The Morgan fingerprint density at radius 3 is 2.82 bits per heavy atom. The minimum Gasteiger partial charge on any atom is -0.302 e. The second-order valence-electron chi connectivity index (χ2n) is 3.03. The van der Waals surface area contributed by atoms with Crippen LogP contribution in [0.15, 0.2) is 12.7 Å². The van der Waals surface area contributed by atoms with E-state index < -0.39 is 0 Å². The van der Waals surface area contributed by atoms with Gasteiger partial charge in [0.2, 0.25) is 0 Å². The van der Waals surface area contributed by atoms with E-state index >= 15 is 0 Å². The number of hydrogen-bond acceptors (Lipinski definition) is 2. The summed E-state index contributed by atoms with van der Waals surface area (Å²) in [4.78, 5) is 5.16. The highest BCUT2D eigenvalue weighted by Gasteiger charge is 1.91.